The van der Waals surface area contributed by atoms with Gasteiger partial charge in [-0.1, -0.05) is 77.2 Å². The van der Waals surface area contributed by atoms with Gasteiger partial charge in [-0.15, -0.1) is 31.8 Å². The number of benzene rings is 6. The maximum Gasteiger partial charge on any atom is 0.294 e. The number of nitriles is 1. The Morgan fingerprint density at radius 1 is 0.437 bits per heavy atom. The predicted octanol–water partition coefficient (Wildman–Crippen LogP) is 14.1. The third-order valence-electron chi connectivity index (χ3n) is 19.4. The molecular weight excluding hydrogens is 1770 g/mol. The molecule has 33 heteroatoms. The molecule has 0 bridgehead atoms. The van der Waals surface area contributed by atoms with Gasteiger partial charge < -0.3 is 82.8 Å². The fourth-order valence-corrected chi connectivity index (χ4v) is 14.6. The van der Waals surface area contributed by atoms with Gasteiger partial charge in [0.05, 0.1) is 110 Å². The number of rotatable bonds is 23. The first-order valence-electron chi connectivity index (χ1n) is 36.2. The van der Waals surface area contributed by atoms with E-state index in [4.69, 9.17) is 89.0 Å². The first-order chi connectivity index (χ1) is 56.8. The number of alkyl halides is 2. The van der Waals surface area contributed by atoms with Gasteiger partial charge in [0.1, 0.15) is 6.61 Å². The maximum absolute atomic E-state index is 13.3. The van der Waals surface area contributed by atoms with E-state index >= 15 is 0 Å². The van der Waals surface area contributed by atoms with Crippen LogP contribution in [0.15, 0.2) is 160 Å². The van der Waals surface area contributed by atoms with Crippen molar-refractivity contribution in [2.75, 3.05) is 85.3 Å². The van der Waals surface area contributed by atoms with Gasteiger partial charge in [-0.05, 0) is 196 Å². The van der Waals surface area contributed by atoms with Crippen molar-refractivity contribution in [2.45, 2.75) is 80.5 Å². The van der Waals surface area contributed by atoms with E-state index in [-0.39, 0.29) is 80.2 Å². The molecule has 0 saturated heterocycles. The van der Waals surface area contributed by atoms with E-state index in [1.807, 2.05) is 66.7 Å². The molecule has 631 valence electrons. The second-order valence-corrected chi connectivity index (χ2v) is 26.9. The van der Waals surface area contributed by atoms with Gasteiger partial charge >= 0.3 is 0 Å². The fraction of sp³-hybridized carbons (Fsp3) is 0.291. The van der Waals surface area contributed by atoms with Gasteiger partial charge in [-0.2, -0.15) is 5.26 Å². The number of nitrogens with one attached hydrogen (secondary N) is 3. The number of halogens is 2. The van der Waals surface area contributed by atoms with Gasteiger partial charge in [-0.3, -0.25) is 28.8 Å². The molecule has 3 aliphatic carbocycles. The van der Waals surface area contributed by atoms with E-state index in [0.29, 0.717) is 141 Å². The number of fused-ring (bicyclic) bond motifs is 9. The van der Waals surface area contributed by atoms with Crippen LogP contribution >= 0.6 is 34.2 Å². The van der Waals surface area contributed by atoms with Crippen molar-refractivity contribution < 1.29 is 114 Å². The topological polar surface area (TPSA) is 389 Å². The summed E-state index contributed by atoms with van der Waals surface area (Å²) in [5.74, 6) is 4.49. The molecule has 0 heterocycles. The molecule has 0 saturated carbocycles. The molecule has 119 heavy (non-hydrogen) atoms. The maximum atomic E-state index is 13.3. The molecule has 0 spiro atoms. The summed E-state index contributed by atoms with van der Waals surface area (Å²) in [6.45, 7) is 1.21. The van der Waals surface area contributed by atoms with Crippen LogP contribution < -0.4 is 89.1 Å². The predicted molar refractivity (Wildman–Crippen MR) is 447 cm³/mol. The van der Waals surface area contributed by atoms with Crippen molar-refractivity contribution in [1.29, 1.82) is 5.26 Å². The minimum atomic E-state index is -1.50. The molecule has 0 aromatic heterocycles. The zero-order chi connectivity index (χ0) is 86.0. The van der Waals surface area contributed by atoms with Crippen LogP contribution in [0.2, 0.25) is 0 Å². The van der Waals surface area contributed by atoms with Gasteiger partial charge in [0.15, 0.2) is 51.7 Å². The number of carbonyl (C=O) groups is 3. The van der Waals surface area contributed by atoms with Crippen LogP contribution in [0.3, 0.4) is 0 Å². The summed E-state index contributed by atoms with van der Waals surface area (Å²) >= 11 is 8.17. The molecule has 12 rings (SSSR count). The smallest absolute Gasteiger partial charge is 0.294 e. The van der Waals surface area contributed by atoms with Gasteiger partial charge in [-0.25, -0.2) is 0 Å². The number of aryl methyl sites for hydroxylation is 3. The van der Waals surface area contributed by atoms with Gasteiger partial charge in [0, 0.05) is 73.0 Å². The Balaban J connectivity index is 0.000000236. The molecule has 3 atom stereocenters. The minimum absolute atomic E-state index is 0. The molecule has 9 aromatic rings. The molecule has 4 N–H and O–H groups in total. The van der Waals surface area contributed by atoms with Crippen LogP contribution in [-0.4, -0.2) is 118 Å². The summed E-state index contributed by atoms with van der Waals surface area (Å²) in [6.07, 6.45) is 3.36. The van der Waals surface area contributed by atoms with Crippen LogP contribution in [0, 0.1) is 31.6 Å². The molecule has 1 radical (unpaired) electrons. The second-order valence-electron chi connectivity index (χ2n) is 25.9. The van der Waals surface area contributed by atoms with Crippen molar-refractivity contribution in [3.63, 3.8) is 0 Å². The largest absolute Gasteiger partial charge is 0.493 e. The molecule has 3 aliphatic rings. The quantitative estimate of drug-likeness (QED) is 0.0152. The van der Waals surface area contributed by atoms with Crippen LogP contribution in [0.5, 0.6) is 69.0 Å². The van der Waals surface area contributed by atoms with Crippen LogP contribution in [0.25, 0.3) is 33.4 Å². The second kappa shape index (κ2) is 44.8. The SMILES string of the molecule is CC#N.COc1cc2c(c(OC)c1OC)-c1ccc(OC)c(=O)cc1[C@@H](NC(=O)c1ccc(CCl)cc1)CC2.COc1cc2c(c(OC)c1OC)-c1ccc(OC)c(=O)cc1[C@@H](NC(=O)c1ccc(CI)cc1)CC2.COc1cc2c(c(OC)c1OC)-c1ccc(OC)c(=O)cc1[C@@H](NC(=O)c1ccc(CO[N+](=O)[O-])cc1)CC2.O=[N+]([O-])O.[Ag]. The normalized spacial score (nSPS) is 13.3. The Morgan fingerprint density at radius 3 is 0.933 bits per heavy atom. The first-order valence-corrected chi connectivity index (χ1v) is 38.3. The van der Waals surface area contributed by atoms with Crippen molar-refractivity contribution in [1.82, 2.24) is 16.0 Å². The number of hydrogen-bond donors (Lipinski definition) is 4. The van der Waals surface area contributed by atoms with E-state index in [1.54, 1.807) is 123 Å². The van der Waals surface area contributed by atoms with Gasteiger partial charge in [0.2, 0.25) is 33.5 Å². The van der Waals surface area contributed by atoms with Crippen LogP contribution in [0.1, 0.15) is 125 Å². The Hall–Kier alpha value is -12.3. The summed E-state index contributed by atoms with van der Waals surface area (Å²) < 4.78 is 67.7. The Kier molecular flexibility index (Phi) is 35.3. The van der Waals surface area contributed by atoms with Gasteiger partial charge in [0.25, 0.3) is 27.9 Å². The van der Waals surface area contributed by atoms with Crippen molar-refractivity contribution >= 4 is 51.9 Å². The summed E-state index contributed by atoms with van der Waals surface area (Å²) in [7, 11) is 18.3. The van der Waals surface area contributed by atoms with E-state index in [0.717, 1.165) is 60.1 Å². The molecule has 9 aromatic carbocycles. The Morgan fingerprint density at radius 2 is 0.697 bits per heavy atom. The number of hydrogen-bond acceptors (Lipinski definition) is 24. The molecule has 0 fully saturated rings. The van der Waals surface area contributed by atoms with Crippen LogP contribution in [-0.2, 0) is 63.4 Å². The summed E-state index contributed by atoms with van der Waals surface area (Å²) in [4.78, 5) is 102. The monoisotopic (exact) mass is 1860 g/mol. The molecular formula is C86H88AgClIN6O24. The molecule has 3 amide bonds. The zero-order valence-corrected chi connectivity index (χ0v) is 71.6. The Labute approximate surface area is 719 Å². The number of nitrogens with zero attached hydrogens (tertiary/aromatic N) is 3. The van der Waals surface area contributed by atoms with Crippen LogP contribution in [0.4, 0.5) is 0 Å². The van der Waals surface area contributed by atoms with E-state index in [9.17, 15) is 38.9 Å². The Bertz CT molecular complexity index is 5180. The molecule has 0 aliphatic heterocycles. The van der Waals surface area contributed by atoms with Crippen molar-refractivity contribution in [3.8, 4) is 108 Å². The fourth-order valence-electron chi connectivity index (χ4n) is 13.9. The first kappa shape index (κ1) is 93.8. The summed E-state index contributed by atoms with van der Waals surface area (Å²) in [5, 5.41) is 39.9. The third kappa shape index (κ3) is 22.5. The number of methoxy groups -OCH3 is 12. The number of amides is 3. The van der Waals surface area contributed by atoms with Crippen molar-refractivity contribution in [3.05, 3.63) is 263 Å². The van der Waals surface area contributed by atoms with Crippen molar-refractivity contribution in [2.24, 2.45) is 0 Å². The third-order valence-corrected chi connectivity index (χ3v) is 20.6. The van der Waals surface area contributed by atoms with E-state index in [1.165, 1.54) is 54.6 Å². The summed E-state index contributed by atoms with van der Waals surface area (Å²) in [6, 6.07) is 41.9. The average molecular weight is 1860 g/mol. The average Bonchev–Trinajstić information content (AvgIpc) is 1.69. The molecule has 0 unspecified atom stereocenters. The molecule has 30 nitrogen and oxygen atoms in total. The summed E-state index contributed by atoms with van der Waals surface area (Å²) in [5.41, 5.74) is 12.4. The minimum Gasteiger partial charge on any atom is -0.493 e. The number of carbonyl (C=O) groups excluding carboxylic acids is 3. The van der Waals surface area contributed by atoms with E-state index < -0.39 is 28.3 Å². The van der Waals surface area contributed by atoms with E-state index in [2.05, 4.69) is 43.4 Å². The standard InChI is InChI=1S/C28H28ClNO6.C28H28INO6.C28H28N2O9.C2H3N.Ag.HNO3/c2*1-33-23-12-10-19-20(14-22(23)31)21(30-28(32)17-7-5-16(15-29)6-8-17)11-9-18-13-24(34-2)26(35-3)27(36-4)25(18)19;1-35-23-12-10-19-20(14-22(23)31)21(29-28(32)17-7-5-16(6-8-17)15-39-30(33)34)11-9-18-13-24(36-2)26(37-3)27(38-4)25(18)19;1-2-3;;2-1(3)4/h2*5-8,10,12-14,21H,9,11,15H2,1-4H3,(H,30,32);5-8,10,12-14,21H,9,11,15H2,1-4H3,(H,29,32);1H3;;(H,2,3,4)/t3*21-;;;/m000.../s1. The number of ether oxygens (including phenoxy) is 12. The zero-order valence-electron chi connectivity index (χ0n) is 67.2.